The van der Waals surface area contributed by atoms with Gasteiger partial charge in [0, 0.05) is 16.3 Å². The van der Waals surface area contributed by atoms with Gasteiger partial charge in [0.15, 0.2) is 5.69 Å². The summed E-state index contributed by atoms with van der Waals surface area (Å²) in [6, 6.07) is 14.0. The van der Waals surface area contributed by atoms with E-state index < -0.39 is 11.9 Å². The van der Waals surface area contributed by atoms with Crippen molar-refractivity contribution in [2.45, 2.75) is 19.8 Å². The molecule has 0 unspecified atom stereocenters. The van der Waals surface area contributed by atoms with Crippen LogP contribution in [0.3, 0.4) is 0 Å². The number of hydrogen-bond acceptors (Lipinski definition) is 4. The third kappa shape index (κ3) is 4.23. The topological polar surface area (TPSA) is 92.3 Å². The van der Waals surface area contributed by atoms with Gasteiger partial charge in [-0.3, -0.25) is 5.10 Å². The molecule has 0 spiro atoms. The van der Waals surface area contributed by atoms with E-state index in [-0.39, 0.29) is 17.9 Å². The van der Waals surface area contributed by atoms with Crippen molar-refractivity contribution in [2.75, 3.05) is 6.61 Å². The Balaban J connectivity index is 1.96. The zero-order valence-corrected chi connectivity index (χ0v) is 16.0. The first-order chi connectivity index (χ1) is 13.5. The van der Waals surface area contributed by atoms with Crippen molar-refractivity contribution in [1.29, 1.82) is 0 Å². The fraction of sp³-hybridized carbons (Fsp3) is 0.190. The summed E-state index contributed by atoms with van der Waals surface area (Å²) in [5.74, 6) is -1.48. The number of carbonyl (C=O) groups excluding carboxylic acids is 1. The third-order valence-corrected chi connectivity index (χ3v) is 4.59. The summed E-state index contributed by atoms with van der Waals surface area (Å²) in [6.07, 6.45) is 0.960. The average molecular weight is 399 g/mol. The number of carbonyl (C=O) groups is 2. The van der Waals surface area contributed by atoms with Crippen LogP contribution in [0.15, 0.2) is 48.5 Å². The Labute approximate surface area is 167 Å². The van der Waals surface area contributed by atoms with Gasteiger partial charge in [-0.05, 0) is 49.1 Å². The van der Waals surface area contributed by atoms with Crippen LogP contribution in [0.5, 0.6) is 0 Å². The Kier molecular flexibility index (Phi) is 6.11. The minimum Gasteiger partial charge on any atom is -0.478 e. The molecule has 6 nitrogen and oxygen atoms in total. The molecule has 0 bridgehead atoms. The summed E-state index contributed by atoms with van der Waals surface area (Å²) in [5.41, 5.74) is 3.33. The van der Waals surface area contributed by atoms with E-state index in [4.69, 9.17) is 16.3 Å². The molecule has 0 saturated heterocycles. The van der Waals surface area contributed by atoms with Crippen molar-refractivity contribution < 1.29 is 19.4 Å². The number of esters is 1. The fourth-order valence-electron chi connectivity index (χ4n) is 3.04. The number of aromatic nitrogens is 2. The summed E-state index contributed by atoms with van der Waals surface area (Å²) >= 11 is 5.98. The van der Waals surface area contributed by atoms with Gasteiger partial charge in [-0.15, -0.1) is 0 Å². The Hall–Kier alpha value is -3.12. The van der Waals surface area contributed by atoms with Gasteiger partial charge in [0.1, 0.15) is 0 Å². The maximum absolute atomic E-state index is 12.3. The number of halogens is 1. The monoisotopic (exact) mass is 398 g/mol. The number of carboxylic acids is 1. The summed E-state index contributed by atoms with van der Waals surface area (Å²) < 4.78 is 5.12. The van der Waals surface area contributed by atoms with E-state index in [0.717, 1.165) is 11.3 Å². The normalized spacial score (nSPS) is 10.6. The van der Waals surface area contributed by atoms with Crippen LogP contribution in [-0.2, 0) is 17.6 Å². The molecule has 28 heavy (non-hydrogen) atoms. The Morgan fingerprint density at radius 2 is 1.82 bits per heavy atom. The molecule has 0 aliphatic rings. The number of nitrogens with one attached hydrogen (secondary N) is 1. The number of benzene rings is 2. The predicted octanol–water partition coefficient (Wildman–Crippen LogP) is 4.39. The molecule has 0 aliphatic heterocycles. The molecule has 2 N–H and O–H groups in total. The Morgan fingerprint density at radius 1 is 1.11 bits per heavy atom. The Bertz CT molecular complexity index is 996. The van der Waals surface area contributed by atoms with E-state index in [0.29, 0.717) is 29.0 Å². The highest BCUT2D eigenvalue weighted by Gasteiger charge is 2.22. The molecule has 2 aromatic carbocycles. The van der Waals surface area contributed by atoms with Crippen LogP contribution < -0.4 is 0 Å². The highest BCUT2D eigenvalue weighted by Crippen LogP contribution is 2.29. The van der Waals surface area contributed by atoms with E-state index in [1.165, 1.54) is 0 Å². The number of nitrogens with zero attached hydrogens (tertiary/aromatic N) is 1. The highest BCUT2D eigenvalue weighted by molar-refractivity contribution is 6.30. The standard InChI is InChI=1S/C21H19ClN2O4/c1-2-28-21(27)19-18(14-7-10-15(22)11-8-14)17(23-24-19)12-9-13-5-3-4-6-16(13)20(25)26/h3-8,10-11H,2,9,12H2,1H3,(H,23,24)(H,25,26). The number of ether oxygens (including phenoxy) is 1. The molecule has 1 aromatic heterocycles. The summed E-state index contributed by atoms with van der Waals surface area (Å²) in [5, 5.41) is 17.0. The lowest BCUT2D eigenvalue weighted by atomic mass is 9.97. The van der Waals surface area contributed by atoms with Crippen LogP contribution in [0.4, 0.5) is 0 Å². The van der Waals surface area contributed by atoms with E-state index in [2.05, 4.69) is 10.2 Å². The molecule has 3 rings (SSSR count). The number of aromatic carboxylic acids is 1. The maximum Gasteiger partial charge on any atom is 0.359 e. The second-order valence-corrected chi connectivity index (χ2v) is 6.55. The van der Waals surface area contributed by atoms with Crippen LogP contribution in [-0.4, -0.2) is 33.8 Å². The molecular weight excluding hydrogens is 380 g/mol. The third-order valence-electron chi connectivity index (χ3n) is 4.34. The number of aromatic amines is 1. The van der Waals surface area contributed by atoms with E-state index >= 15 is 0 Å². The van der Waals surface area contributed by atoms with Crippen molar-refractivity contribution in [2.24, 2.45) is 0 Å². The second kappa shape index (κ2) is 8.71. The molecule has 0 aliphatic carbocycles. The van der Waals surface area contributed by atoms with Crippen LogP contribution in [0, 0.1) is 0 Å². The zero-order chi connectivity index (χ0) is 20.1. The lowest BCUT2D eigenvalue weighted by molar-refractivity contribution is 0.0520. The summed E-state index contributed by atoms with van der Waals surface area (Å²) in [4.78, 5) is 23.8. The van der Waals surface area contributed by atoms with Gasteiger partial charge < -0.3 is 9.84 Å². The number of carboxylic acid groups (broad SMARTS) is 1. The van der Waals surface area contributed by atoms with Gasteiger partial charge >= 0.3 is 11.9 Å². The minimum atomic E-state index is -0.967. The zero-order valence-electron chi connectivity index (χ0n) is 15.2. The first-order valence-electron chi connectivity index (χ1n) is 8.82. The lowest BCUT2D eigenvalue weighted by Crippen LogP contribution is -2.07. The molecular formula is C21H19ClN2O4. The SMILES string of the molecule is CCOC(=O)c1n[nH]c(CCc2ccccc2C(=O)O)c1-c1ccc(Cl)cc1. The van der Waals surface area contributed by atoms with Crippen molar-refractivity contribution in [1.82, 2.24) is 10.2 Å². The largest absolute Gasteiger partial charge is 0.478 e. The van der Waals surface area contributed by atoms with Gasteiger partial charge in [-0.2, -0.15) is 5.10 Å². The van der Waals surface area contributed by atoms with Crippen molar-refractivity contribution in [3.8, 4) is 11.1 Å². The molecule has 0 fully saturated rings. The summed E-state index contributed by atoms with van der Waals surface area (Å²) in [6.45, 7) is 1.98. The fourth-order valence-corrected chi connectivity index (χ4v) is 3.17. The Morgan fingerprint density at radius 3 is 2.50 bits per heavy atom. The maximum atomic E-state index is 12.3. The van der Waals surface area contributed by atoms with Crippen LogP contribution >= 0.6 is 11.6 Å². The molecule has 0 saturated carbocycles. The van der Waals surface area contributed by atoms with Gasteiger partial charge in [0.2, 0.25) is 0 Å². The molecule has 144 valence electrons. The first kappa shape index (κ1) is 19.6. The molecule has 1 heterocycles. The predicted molar refractivity (Wildman–Crippen MR) is 106 cm³/mol. The van der Waals surface area contributed by atoms with Gasteiger partial charge in [-0.25, -0.2) is 9.59 Å². The van der Waals surface area contributed by atoms with E-state index in [1.807, 2.05) is 12.1 Å². The number of aryl methyl sites for hydroxylation is 2. The molecule has 0 amide bonds. The molecule has 7 heteroatoms. The number of H-pyrrole nitrogens is 1. The van der Waals surface area contributed by atoms with E-state index in [1.54, 1.807) is 43.3 Å². The summed E-state index contributed by atoms with van der Waals surface area (Å²) in [7, 11) is 0. The van der Waals surface area contributed by atoms with Crippen molar-refractivity contribution in [3.05, 3.63) is 76.1 Å². The molecule has 3 aromatic rings. The van der Waals surface area contributed by atoms with Gasteiger partial charge in [0.25, 0.3) is 0 Å². The van der Waals surface area contributed by atoms with Crippen LogP contribution in [0.25, 0.3) is 11.1 Å². The number of rotatable bonds is 7. The average Bonchev–Trinajstić information content (AvgIpc) is 3.11. The minimum absolute atomic E-state index is 0.200. The van der Waals surface area contributed by atoms with Crippen LogP contribution in [0.2, 0.25) is 5.02 Å². The highest BCUT2D eigenvalue weighted by atomic mass is 35.5. The van der Waals surface area contributed by atoms with E-state index in [9.17, 15) is 14.7 Å². The lowest BCUT2D eigenvalue weighted by Gasteiger charge is -2.08. The molecule has 0 atom stereocenters. The number of hydrogen-bond donors (Lipinski definition) is 2. The van der Waals surface area contributed by atoms with Gasteiger partial charge in [-0.1, -0.05) is 41.9 Å². The first-order valence-corrected chi connectivity index (χ1v) is 9.20. The smallest absolute Gasteiger partial charge is 0.359 e. The van der Waals surface area contributed by atoms with Crippen molar-refractivity contribution >= 4 is 23.5 Å². The quantitative estimate of drug-likeness (QED) is 0.576. The van der Waals surface area contributed by atoms with Crippen LogP contribution in [0.1, 0.15) is 39.0 Å². The molecule has 0 radical (unpaired) electrons. The van der Waals surface area contributed by atoms with Crippen molar-refractivity contribution in [3.63, 3.8) is 0 Å². The second-order valence-electron chi connectivity index (χ2n) is 6.12. The van der Waals surface area contributed by atoms with Gasteiger partial charge in [0.05, 0.1) is 12.2 Å².